The highest BCUT2D eigenvalue weighted by atomic mass is 32.2. The molecule has 0 bridgehead atoms. The molecule has 0 unspecified atom stereocenters. The van der Waals surface area contributed by atoms with E-state index in [1.54, 1.807) is 39.0 Å². The van der Waals surface area contributed by atoms with Crippen LogP contribution in [-0.4, -0.2) is 98.0 Å². The van der Waals surface area contributed by atoms with Crippen LogP contribution in [0.3, 0.4) is 0 Å². The van der Waals surface area contributed by atoms with Crippen molar-refractivity contribution < 1.29 is 40.8 Å². The van der Waals surface area contributed by atoms with Gasteiger partial charge in [-0.3, -0.25) is 19.1 Å². The van der Waals surface area contributed by atoms with Gasteiger partial charge in [0.1, 0.15) is 23.2 Å². The highest BCUT2D eigenvalue weighted by Gasteiger charge is 2.63. The molecule has 2 aliphatic carbocycles. The van der Waals surface area contributed by atoms with Gasteiger partial charge in [0.2, 0.25) is 31.9 Å². The Labute approximate surface area is 316 Å². The number of amides is 4. The van der Waals surface area contributed by atoms with Crippen LogP contribution in [0.4, 0.5) is 4.79 Å². The minimum absolute atomic E-state index is 0.0381. The Morgan fingerprint density at radius 3 is 2.39 bits per heavy atom. The number of carbonyl (C=O) groups excluding carboxylic acids is 4. The van der Waals surface area contributed by atoms with Crippen LogP contribution in [0.5, 0.6) is 0 Å². The summed E-state index contributed by atoms with van der Waals surface area (Å²) in [5.41, 5.74) is -2.39. The number of hydrogen-bond donors (Lipinski definition) is 3. The van der Waals surface area contributed by atoms with E-state index < -0.39 is 90.1 Å². The summed E-state index contributed by atoms with van der Waals surface area (Å²) in [6.07, 6.45) is 7.13. The number of fused-ring (bicyclic) bond motifs is 5. The molecule has 6 atom stereocenters. The van der Waals surface area contributed by atoms with E-state index >= 15 is 0 Å². The largest absolute Gasteiger partial charge is 0.444 e. The highest BCUT2D eigenvalue weighted by molar-refractivity contribution is 7.91. The van der Waals surface area contributed by atoms with Crippen molar-refractivity contribution >= 4 is 54.6 Å². The summed E-state index contributed by atoms with van der Waals surface area (Å²) in [6, 6.07) is 10.1. The first kappa shape index (κ1) is 38.3. The zero-order valence-electron chi connectivity index (χ0n) is 30.8. The van der Waals surface area contributed by atoms with E-state index in [4.69, 9.17) is 4.74 Å². The number of rotatable bonds is 6. The van der Waals surface area contributed by atoms with Gasteiger partial charge in [-0.25, -0.2) is 21.6 Å². The van der Waals surface area contributed by atoms with Crippen molar-refractivity contribution in [2.45, 2.75) is 106 Å². The van der Waals surface area contributed by atoms with Crippen LogP contribution in [0.15, 0.2) is 59.5 Å². The second-order valence-corrected chi connectivity index (χ2v) is 20.3. The summed E-state index contributed by atoms with van der Waals surface area (Å²) in [6.45, 7) is 5.16. The molecule has 3 N–H and O–H groups in total. The summed E-state index contributed by atoms with van der Waals surface area (Å²) < 4.78 is 62.9. The molecule has 3 heterocycles. The van der Waals surface area contributed by atoms with Crippen molar-refractivity contribution in [1.29, 1.82) is 0 Å². The third-order valence-electron chi connectivity index (χ3n) is 11.2. The molecular weight excluding hydrogens is 735 g/mol. The Hall–Kier alpha value is -4.02. The maximum Gasteiger partial charge on any atom is 0.408 e. The van der Waals surface area contributed by atoms with Crippen molar-refractivity contribution in [2.75, 3.05) is 19.6 Å². The lowest BCUT2D eigenvalue weighted by Crippen LogP contribution is -2.60. The van der Waals surface area contributed by atoms with Crippen molar-refractivity contribution in [2.24, 2.45) is 17.8 Å². The minimum Gasteiger partial charge on any atom is -0.444 e. The van der Waals surface area contributed by atoms with Gasteiger partial charge in [0, 0.05) is 31.5 Å². The third-order valence-corrected chi connectivity index (χ3v) is 14.9. The average Bonchev–Trinajstić information content (AvgIpc) is 4.00. The zero-order chi connectivity index (χ0) is 38.6. The van der Waals surface area contributed by atoms with Crippen LogP contribution >= 0.6 is 0 Å². The summed E-state index contributed by atoms with van der Waals surface area (Å²) >= 11 is 0. The van der Waals surface area contributed by atoms with Crippen LogP contribution < -0.4 is 15.4 Å². The Morgan fingerprint density at radius 1 is 0.926 bits per heavy atom. The Kier molecular flexibility index (Phi) is 10.1. The van der Waals surface area contributed by atoms with E-state index in [0.717, 1.165) is 23.6 Å². The average molecular weight is 784 g/mol. The molecule has 2 saturated carbocycles. The molecule has 4 amide bonds. The number of allylic oxidation sites excluding steroid dienone is 1. The maximum atomic E-state index is 14.6. The standard InChI is InChI=1S/C38H49N5O9S2/c1-37(2,3)52-36(47)39-31-14-8-6-4-5-7-13-27-20-38(27,35(46)41-53(48,49)28-17-18-28)40-33(44)32-30-23-42(21-26(30)22-43(32)34(31)45)54(50,51)29-16-15-24-11-9-10-12-25(24)19-29/h7,9-13,15-16,19,26-28,30-32H,4-6,8,14,17-18,20-23H2,1-3H3,(H,39,47)(H,40,44)(H,41,46)/b13-7-/t26-,27+,30-,31+,32-,38+/m0/s1. The summed E-state index contributed by atoms with van der Waals surface area (Å²) in [7, 11) is -7.94. The van der Waals surface area contributed by atoms with Gasteiger partial charge in [-0.05, 0) is 88.1 Å². The third kappa shape index (κ3) is 7.74. The molecule has 0 spiro atoms. The van der Waals surface area contributed by atoms with Gasteiger partial charge >= 0.3 is 6.09 Å². The molecule has 292 valence electrons. The predicted molar refractivity (Wildman–Crippen MR) is 200 cm³/mol. The molecule has 54 heavy (non-hydrogen) atoms. The van der Waals surface area contributed by atoms with E-state index in [2.05, 4.69) is 15.4 Å². The SMILES string of the molecule is CC(C)(C)OC(=O)N[C@@H]1CCCCC/C=C\[C@@H]2C[C@@]2(C(=O)NS(=O)(=O)C2CC2)NC(=O)[C@@H]2[C@H]3CN(S(=O)(=O)c4ccc5ccccc5c4)C[C@H]3CN2C1=O. The quantitative estimate of drug-likeness (QED) is 0.370. The second-order valence-electron chi connectivity index (χ2n) is 16.4. The van der Waals surface area contributed by atoms with Crippen molar-refractivity contribution in [3.05, 3.63) is 54.6 Å². The van der Waals surface area contributed by atoms with Crippen molar-refractivity contribution in [3.63, 3.8) is 0 Å². The van der Waals surface area contributed by atoms with Gasteiger partial charge in [-0.2, -0.15) is 4.31 Å². The highest BCUT2D eigenvalue weighted by Crippen LogP contribution is 2.47. The Balaban J connectivity index is 1.21. The predicted octanol–water partition coefficient (Wildman–Crippen LogP) is 3.18. The van der Waals surface area contributed by atoms with Crippen molar-refractivity contribution in [3.8, 4) is 0 Å². The van der Waals surface area contributed by atoms with E-state index in [1.165, 1.54) is 9.21 Å². The number of nitrogens with zero attached hydrogens (tertiary/aromatic N) is 2. The van der Waals surface area contributed by atoms with Gasteiger partial charge < -0.3 is 20.3 Å². The van der Waals surface area contributed by atoms with Gasteiger partial charge in [0.05, 0.1) is 10.1 Å². The Morgan fingerprint density at radius 2 is 1.67 bits per heavy atom. The zero-order valence-corrected chi connectivity index (χ0v) is 32.5. The Bertz CT molecular complexity index is 2100. The molecule has 5 aliphatic rings. The first-order valence-electron chi connectivity index (χ1n) is 18.8. The minimum atomic E-state index is -4.00. The molecule has 0 radical (unpaired) electrons. The molecule has 0 aromatic heterocycles. The van der Waals surface area contributed by atoms with Crippen molar-refractivity contribution in [1.82, 2.24) is 24.6 Å². The van der Waals surface area contributed by atoms with Crippen LogP contribution in [0.2, 0.25) is 0 Å². The molecule has 2 aromatic rings. The van der Waals surface area contributed by atoms with Crippen LogP contribution in [-0.2, 0) is 39.2 Å². The molecular formula is C38H49N5O9S2. The lowest BCUT2D eigenvalue weighted by atomic mass is 9.93. The fourth-order valence-electron chi connectivity index (χ4n) is 8.15. The van der Waals surface area contributed by atoms with Crippen LogP contribution in [0.1, 0.15) is 72.1 Å². The molecule has 16 heteroatoms. The van der Waals surface area contributed by atoms with E-state index in [-0.39, 0.29) is 31.0 Å². The molecule has 14 nitrogen and oxygen atoms in total. The molecule has 2 saturated heterocycles. The second kappa shape index (κ2) is 14.2. The monoisotopic (exact) mass is 783 g/mol. The van der Waals surface area contributed by atoms with E-state index in [0.29, 0.717) is 32.1 Å². The number of carbonyl (C=O) groups is 4. The topological polar surface area (TPSA) is 188 Å². The summed E-state index contributed by atoms with van der Waals surface area (Å²) in [4.78, 5) is 57.4. The fourth-order valence-corrected chi connectivity index (χ4v) is 11.1. The first-order valence-corrected chi connectivity index (χ1v) is 21.8. The van der Waals surface area contributed by atoms with Crippen LogP contribution in [0, 0.1) is 17.8 Å². The smallest absolute Gasteiger partial charge is 0.408 e. The molecule has 7 rings (SSSR count). The number of ether oxygens (including phenoxy) is 1. The lowest BCUT2D eigenvalue weighted by molar-refractivity contribution is -0.142. The van der Waals surface area contributed by atoms with Gasteiger partial charge in [-0.15, -0.1) is 0 Å². The number of alkyl carbamates (subject to hydrolysis) is 1. The van der Waals surface area contributed by atoms with Gasteiger partial charge in [0.25, 0.3) is 5.91 Å². The molecule has 3 aliphatic heterocycles. The summed E-state index contributed by atoms with van der Waals surface area (Å²) in [5, 5.41) is 6.60. The number of sulfonamides is 2. The molecule has 2 aromatic carbocycles. The van der Waals surface area contributed by atoms with Gasteiger partial charge in [-0.1, -0.05) is 55.3 Å². The van der Waals surface area contributed by atoms with Crippen LogP contribution in [0.25, 0.3) is 10.8 Å². The van der Waals surface area contributed by atoms with E-state index in [1.807, 2.05) is 36.4 Å². The fraction of sp³-hybridized carbons (Fsp3) is 0.579. The normalized spacial score (nSPS) is 30.2. The van der Waals surface area contributed by atoms with E-state index in [9.17, 15) is 36.0 Å². The van der Waals surface area contributed by atoms with Gasteiger partial charge in [0.15, 0.2) is 0 Å². The lowest BCUT2D eigenvalue weighted by Gasteiger charge is -2.33. The molecule has 4 fully saturated rings. The number of nitrogens with one attached hydrogen (secondary N) is 3. The summed E-state index contributed by atoms with van der Waals surface area (Å²) in [5.74, 6) is -3.57. The number of hydrogen-bond acceptors (Lipinski definition) is 9. The first-order chi connectivity index (χ1) is 25.5. The number of benzene rings is 2. The maximum absolute atomic E-state index is 14.6.